The van der Waals surface area contributed by atoms with Gasteiger partial charge in [0.15, 0.2) is 5.82 Å². The molecule has 1 aliphatic rings. The molecule has 172 valence electrons. The Morgan fingerprint density at radius 3 is 2.21 bits per heavy atom. The molecular weight excluding hydrogens is 414 g/mol. The molecule has 0 atom stereocenters. The van der Waals surface area contributed by atoms with Crippen LogP contribution in [-0.4, -0.2) is 51.5 Å². The van der Waals surface area contributed by atoms with Gasteiger partial charge in [0.1, 0.15) is 17.3 Å². The maximum atomic E-state index is 5.27. The maximum Gasteiger partial charge on any atom is 0.205 e. The number of fused-ring (bicyclic) bond motifs is 1. The highest BCUT2D eigenvalue weighted by Gasteiger charge is 2.35. The zero-order chi connectivity index (χ0) is 23.8. The minimum atomic E-state index is -0.223. The average Bonchev–Trinajstić information content (AvgIpc) is 3.36. The van der Waals surface area contributed by atoms with E-state index in [4.69, 9.17) is 19.8 Å². The Morgan fingerprint density at radius 1 is 0.970 bits per heavy atom. The number of pyridine rings is 1. The van der Waals surface area contributed by atoms with Crippen LogP contribution in [0.2, 0.25) is 0 Å². The fraction of sp³-hybridized carbons (Fsp3) is 0.400. The Kier molecular flexibility index (Phi) is 6.01. The van der Waals surface area contributed by atoms with E-state index in [1.165, 1.54) is 0 Å². The third kappa shape index (κ3) is 4.25. The average molecular weight is 446 g/mol. The Balaban J connectivity index is 1.79. The second-order valence-electron chi connectivity index (χ2n) is 8.99. The molecule has 2 aromatic heterocycles. The zero-order valence-electron chi connectivity index (χ0n) is 20.4. The molecule has 1 aromatic carbocycles. The number of anilines is 1. The second kappa shape index (κ2) is 8.77. The summed E-state index contributed by atoms with van der Waals surface area (Å²) in [5, 5.41) is 13.8. The normalized spacial score (nSPS) is 14.4. The summed E-state index contributed by atoms with van der Waals surface area (Å²) in [6, 6.07) is 11.8. The fourth-order valence-electron chi connectivity index (χ4n) is 3.81. The van der Waals surface area contributed by atoms with Crippen LogP contribution in [-0.2, 0) is 0 Å². The van der Waals surface area contributed by atoms with E-state index in [2.05, 4.69) is 49.7 Å². The van der Waals surface area contributed by atoms with Gasteiger partial charge in [-0.1, -0.05) is 20.8 Å². The van der Waals surface area contributed by atoms with Crippen LogP contribution in [0.1, 0.15) is 46.1 Å². The summed E-state index contributed by atoms with van der Waals surface area (Å²) in [4.78, 5) is 12.0. The molecule has 0 bridgehead atoms. The van der Waals surface area contributed by atoms with Crippen molar-refractivity contribution in [3.05, 3.63) is 47.9 Å². The zero-order valence-corrected chi connectivity index (χ0v) is 20.4. The standard InChI is InChI=1S/C25H31N7O/c1-8-31(9-2)20-15-14-19(16(3)26-20)27-21-22(25(4,5)6)30-32-23(28-29-24(21)32)17-10-12-18(33-7)13-11-17/h10-15H,8-9H2,1-7H3/b27-21+. The van der Waals surface area contributed by atoms with Gasteiger partial charge in [0.2, 0.25) is 5.82 Å². The highest BCUT2D eigenvalue weighted by Crippen LogP contribution is 2.31. The first-order valence-electron chi connectivity index (χ1n) is 11.3. The topological polar surface area (TPSA) is 80.8 Å². The number of hydrogen-bond acceptors (Lipinski definition) is 7. The minimum absolute atomic E-state index is 0.223. The van der Waals surface area contributed by atoms with Crippen molar-refractivity contribution in [2.24, 2.45) is 15.5 Å². The second-order valence-corrected chi connectivity index (χ2v) is 8.99. The summed E-state index contributed by atoms with van der Waals surface area (Å²) in [6.45, 7) is 14.5. The number of rotatable bonds is 6. The van der Waals surface area contributed by atoms with Crippen molar-refractivity contribution in [3.63, 3.8) is 0 Å². The van der Waals surface area contributed by atoms with Gasteiger partial charge in [0, 0.05) is 24.1 Å². The van der Waals surface area contributed by atoms with Gasteiger partial charge in [0.25, 0.3) is 0 Å². The number of aliphatic imine (C=N–C) groups is 1. The van der Waals surface area contributed by atoms with E-state index in [1.54, 1.807) is 11.8 Å². The molecule has 0 saturated carbocycles. The van der Waals surface area contributed by atoms with E-state index in [0.717, 1.165) is 53.0 Å². The molecule has 3 aromatic rings. The first kappa shape index (κ1) is 22.6. The molecule has 0 radical (unpaired) electrons. The smallest absolute Gasteiger partial charge is 0.205 e. The lowest BCUT2D eigenvalue weighted by Crippen LogP contribution is -2.27. The van der Waals surface area contributed by atoms with Crippen molar-refractivity contribution < 1.29 is 4.74 Å². The van der Waals surface area contributed by atoms with Crippen LogP contribution in [0.4, 0.5) is 11.5 Å². The summed E-state index contributed by atoms with van der Waals surface area (Å²) >= 11 is 0. The number of hydrogen-bond donors (Lipinski definition) is 0. The van der Waals surface area contributed by atoms with E-state index in [-0.39, 0.29) is 5.41 Å². The van der Waals surface area contributed by atoms with E-state index >= 15 is 0 Å². The number of aryl methyl sites for hydroxylation is 1. The van der Waals surface area contributed by atoms with Gasteiger partial charge < -0.3 is 9.64 Å². The summed E-state index contributed by atoms with van der Waals surface area (Å²) < 4.78 is 7.06. The third-order valence-corrected chi connectivity index (χ3v) is 5.70. The summed E-state index contributed by atoms with van der Waals surface area (Å²) in [5.41, 5.74) is 3.96. The molecule has 0 aliphatic carbocycles. The molecule has 0 fully saturated rings. The van der Waals surface area contributed by atoms with Crippen molar-refractivity contribution in [1.29, 1.82) is 0 Å². The van der Waals surface area contributed by atoms with Crippen molar-refractivity contribution in [3.8, 4) is 17.1 Å². The van der Waals surface area contributed by atoms with Gasteiger partial charge in [-0.25, -0.2) is 9.98 Å². The number of methoxy groups -OCH3 is 1. The Hall–Kier alpha value is -3.55. The van der Waals surface area contributed by atoms with E-state index < -0.39 is 0 Å². The van der Waals surface area contributed by atoms with Gasteiger partial charge in [-0.3, -0.25) is 0 Å². The molecule has 8 heteroatoms. The maximum absolute atomic E-state index is 5.27. The lowest BCUT2D eigenvalue weighted by Gasteiger charge is -2.20. The third-order valence-electron chi connectivity index (χ3n) is 5.70. The summed E-state index contributed by atoms with van der Waals surface area (Å²) in [5.74, 6) is 3.06. The molecule has 1 aliphatic heterocycles. The molecule has 33 heavy (non-hydrogen) atoms. The quantitative estimate of drug-likeness (QED) is 0.540. The van der Waals surface area contributed by atoms with Gasteiger partial charge in [-0.15, -0.1) is 10.2 Å². The van der Waals surface area contributed by atoms with Crippen LogP contribution in [0.25, 0.3) is 11.4 Å². The molecule has 0 amide bonds. The predicted octanol–water partition coefficient (Wildman–Crippen LogP) is 4.89. The van der Waals surface area contributed by atoms with Gasteiger partial charge in [-0.05, 0) is 57.2 Å². The molecule has 0 N–H and O–H groups in total. The lowest BCUT2D eigenvalue weighted by atomic mass is 9.87. The Labute approximate surface area is 195 Å². The molecule has 0 unspecified atom stereocenters. The number of ether oxygens (including phenoxy) is 1. The highest BCUT2D eigenvalue weighted by molar-refractivity contribution is 6.50. The molecule has 0 spiro atoms. The van der Waals surface area contributed by atoms with Crippen molar-refractivity contribution in [2.45, 2.75) is 41.5 Å². The largest absolute Gasteiger partial charge is 0.497 e. The molecule has 4 rings (SSSR count). The van der Waals surface area contributed by atoms with Crippen LogP contribution in [0.3, 0.4) is 0 Å². The molecule has 0 saturated heterocycles. The monoisotopic (exact) mass is 445 g/mol. The number of nitrogens with zero attached hydrogens (tertiary/aromatic N) is 7. The highest BCUT2D eigenvalue weighted by atomic mass is 16.5. The molecule has 8 nitrogen and oxygen atoms in total. The number of aromatic nitrogens is 4. The van der Waals surface area contributed by atoms with E-state index in [1.807, 2.05) is 43.3 Å². The minimum Gasteiger partial charge on any atom is -0.497 e. The van der Waals surface area contributed by atoms with Gasteiger partial charge in [-0.2, -0.15) is 9.78 Å². The summed E-state index contributed by atoms with van der Waals surface area (Å²) in [6.07, 6.45) is 0. The summed E-state index contributed by atoms with van der Waals surface area (Å²) in [7, 11) is 1.65. The first-order chi connectivity index (χ1) is 15.8. The van der Waals surface area contributed by atoms with Crippen LogP contribution < -0.4 is 9.64 Å². The van der Waals surface area contributed by atoms with Gasteiger partial charge in [0.05, 0.1) is 24.2 Å². The van der Waals surface area contributed by atoms with E-state index in [9.17, 15) is 0 Å². The fourth-order valence-corrected chi connectivity index (χ4v) is 3.81. The van der Waals surface area contributed by atoms with Crippen molar-refractivity contribution in [2.75, 3.05) is 25.1 Å². The van der Waals surface area contributed by atoms with Crippen molar-refractivity contribution >= 4 is 22.9 Å². The first-order valence-corrected chi connectivity index (χ1v) is 11.3. The Bertz CT molecular complexity index is 1210. The molecule has 3 heterocycles. The Morgan fingerprint density at radius 2 is 1.64 bits per heavy atom. The molecular formula is C25H31N7O. The predicted molar refractivity (Wildman–Crippen MR) is 133 cm³/mol. The van der Waals surface area contributed by atoms with Gasteiger partial charge >= 0.3 is 0 Å². The van der Waals surface area contributed by atoms with Crippen LogP contribution >= 0.6 is 0 Å². The van der Waals surface area contributed by atoms with Crippen LogP contribution in [0.5, 0.6) is 5.75 Å². The van der Waals surface area contributed by atoms with Crippen molar-refractivity contribution in [1.82, 2.24) is 19.9 Å². The van der Waals surface area contributed by atoms with E-state index in [0.29, 0.717) is 11.6 Å². The van der Waals surface area contributed by atoms with Crippen LogP contribution in [0.15, 0.2) is 46.5 Å². The SMILES string of the molecule is CCN(CC)c1ccc(/N=C2\C(C(C)(C)C)=Nn3c2nnc3-c2ccc(OC)cc2)c(C)n1. The van der Waals surface area contributed by atoms with Crippen LogP contribution in [0, 0.1) is 12.3 Å². The lowest BCUT2D eigenvalue weighted by molar-refractivity contribution is 0.415. The number of benzene rings is 1.